The van der Waals surface area contributed by atoms with Gasteiger partial charge in [-0.1, -0.05) is 35.0 Å². The molecule has 3 aromatic rings. The number of hydrogen-bond acceptors (Lipinski definition) is 5. The molecule has 0 atom stereocenters. The average Bonchev–Trinajstić information content (AvgIpc) is 3.01. The van der Waals surface area contributed by atoms with Gasteiger partial charge in [-0.25, -0.2) is 4.39 Å². The van der Waals surface area contributed by atoms with Crippen LogP contribution in [0, 0.1) is 5.82 Å². The minimum absolute atomic E-state index is 0.0331. The van der Waals surface area contributed by atoms with Crippen molar-refractivity contribution in [2.24, 2.45) is 0 Å². The zero-order valence-corrected chi connectivity index (χ0v) is 15.2. The van der Waals surface area contributed by atoms with Crippen LogP contribution in [0.25, 0.3) is 5.65 Å². The SMILES string of the molecule is O=C(CSc1nnc2c(Cl)cc(Cl)cn12)NNC(=O)c1ccc(F)cc1. The molecule has 0 bridgehead atoms. The topological polar surface area (TPSA) is 88.4 Å². The second-order valence-corrected chi connectivity index (χ2v) is 6.77. The predicted octanol–water partition coefficient (Wildman–Crippen LogP) is 2.73. The summed E-state index contributed by atoms with van der Waals surface area (Å²) in [6.07, 6.45) is 1.58. The highest BCUT2D eigenvalue weighted by atomic mass is 35.5. The molecule has 0 saturated carbocycles. The fourth-order valence-corrected chi connectivity index (χ4v) is 3.19. The quantitative estimate of drug-likeness (QED) is 0.507. The number of pyridine rings is 1. The maximum Gasteiger partial charge on any atom is 0.269 e. The van der Waals surface area contributed by atoms with E-state index in [1.54, 1.807) is 16.7 Å². The molecule has 2 N–H and O–H groups in total. The standard InChI is InChI=1S/C15H10Cl2FN5O2S/c16-9-5-11(17)13-20-22-15(23(13)6-9)26-7-12(24)19-21-14(25)8-1-3-10(18)4-2-8/h1-6H,7H2,(H,19,24)(H,21,25). The summed E-state index contributed by atoms with van der Waals surface area (Å²) in [6.45, 7) is 0. The van der Waals surface area contributed by atoms with Crippen LogP contribution in [0.2, 0.25) is 10.0 Å². The van der Waals surface area contributed by atoms with Crippen molar-refractivity contribution in [1.82, 2.24) is 25.4 Å². The smallest absolute Gasteiger partial charge is 0.269 e. The van der Waals surface area contributed by atoms with E-state index in [1.165, 1.54) is 12.1 Å². The Morgan fingerprint density at radius 3 is 2.62 bits per heavy atom. The normalized spacial score (nSPS) is 10.7. The summed E-state index contributed by atoms with van der Waals surface area (Å²) >= 11 is 13.1. The van der Waals surface area contributed by atoms with Gasteiger partial charge in [0.2, 0.25) is 5.91 Å². The summed E-state index contributed by atoms with van der Waals surface area (Å²) in [5.41, 5.74) is 5.15. The molecule has 0 aliphatic rings. The van der Waals surface area contributed by atoms with E-state index < -0.39 is 17.6 Å². The van der Waals surface area contributed by atoms with Crippen molar-refractivity contribution in [2.45, 2.75) is 5.16 Å². The highest BCUT2D eigenvalue weighted by Gasteiger charge is 2.13. The number of amides is 2. The molecule has 0 unspecified atom stereocenters. The molecule has 0 saturated heterocycles. The molecule has 2 heterocycles. The van der Waals surface area contributed by atoms with Gasteiger partial charge in [0.05, 0.1) is 15.8 Å². The largest absolute Gasteiger partial charge is 0.275 e. The van der Waals surface area contributed by atoms with Crippen LogP contribution in [-0.4, -0.2) is 32.2 Å². The molecule has 2 aromatic heterocycles. The van der Waals surface area contributed by atoms with Gasteiger partial charge in [-0.15, -0.1) is 10.2 Å². The minimum atomic E-state index is -0.560. The third-order valence-electron chi connectivity index (χ3n) is 3.15. The van der Waals surface area contributed by atoms with Crippen LogP contribution in [0.15, 0.2) is 41.7 Å². The van der Waals surface area contributed by atoms with Crippen LogP contribution in [0.3, 0.4) is 0 Å². The molecule has 11 heteroatoms. The fourth-order valence-electron chi connectivity index (χ4n) is 1.97. The van der Waals surface area contributed by atoms with Crippen molar-refractivity contribution in [3.05, 3.63) is 58.0 Å². The monoisotopic (exact) mass is 413 g/mol. The maximum absolute atomic E-state index is 12.8. The first-order valence-electron chi connectivity index (χ1n) is 7.11. The predicted molar refractivity (Wildman–Crippen MR) is 95.7 cm³/mol. The van der Waals surface area contributed by atoms with Gasteiger partial charge >= 0.3 is 0 Å². The zero-order valence-electron chi connectivity index (χ0n) is 12.9. The molecule has 0 aliphatic heterocycles. The first-order valence-corrected chi connectivity index (χ1v) is 8.85. The molecule has 7 nitrogen and oxygen atoms in total. The number of halogens is 3. The number of hydrogen-bond donors (Lipinski definition) is 2. The first kappa shape index (κ1) is 18.4. The Labute approximate surface area is 160 Å². The van der Waals surface area contributed by atoms with E-state index in [0.29, 0.717) is 20.8 Å². The van der Waals surface area contributed by atoms with Crippen molar-refractivity contribution < 1.29 is 14.0 Å². The van der Waals surface area contributed by atoms with E-state index in [1.807, 2.05) is 0 Å². The van der Waals surface area contributed by atoms with Crippen LogP contribution in [0.1, 0.15) is 10.4 Å². The van der Waals surface area contributed by atoms with E-state index in [4.69, 9.17) is 23.2 Å². The van der Waals surface area contributed by atoms with Gasteiger partial charge in [-0.05, 0) is 30.3 Å². The van der Waals surface area contributed by atoms with E-state index in [9.17, 15) is 14.0 Å². The van der Waals surface area contributed by atoms with Gasteiger partial charge in [-0.2, -0.15) is 0 Å². The zero-order chi connectivity index (χ0) is 18.7. The third-order valence-corrected chi connectivity index (χ3v) is 4.58. The number of nitrogens with one attached hydrogen (secondary N) is 2. The Morgan fingerprint density at radius 2 is 1.88 bits per heavy atom. The van der Waals surface area contributed by atoms with Crippen molar-refractivity contribution in [3.8, 4) is 0 Å². The van der Waals surface area contributed by atoms with Gasteiger partial charge in [0.15, 0.2) is 10.8 Å². The molecule has 134 valence electrons. The number of aromatic nitrogens is 3. The van der Waals surface area contributed by atoms with E-state index in [0.717, 1.165) is 23.9 Å². The van der Waals surface area contributed by atoms with E-state index in [2.05, 4.69) is 21.0 Å². The Kier molecular flexibility index (Phi) is 5.60. The molecule has 2 amide bonds. The number of hydrazine groups is 1. The number of thioether (sulfide) groups is 1. The maximum atomic E-state index is 12.8. The summed E-state index contributed by atoms with van der Waals surface area (Å²) in [4.78, 5) is 23.7. The Morgan fingerprint density at radius 1 is 1.15 bits per heavy atom. The summed E-state index contributed by atoms with van der Waals surface area (Å²) in [7, 11) is 0. The van der Waals surface area contributed by atoms with Crippen molar-refractivity contribution in [2.75, 3.05) is 5.75 Å². The van der Waals surface area contributed by atoms with Gasteiger partial charge < -0.3 is 0 Å². The van der Waals surface area contributed by atoms with Gasteiger partial charge in [-0.3, -0.25) is 24.8 Å². The highest BCUT2D eigenvalue weighted by molar-refractivity contribution is 7.99. The number of fused-ring (bicyclic) bond motifs is 1. The molecule has 3 rings (SSSR count). The number of carbonyl (C=O) groups is 2. The van der Waals surface area contributed by atoms with Gasteiger partial charge in [0.1, 0.15) is 5.82 Å². The summed E-state index contributed by atoms with van der Waals surface area (Å²) in [5, 5.41) is 9.04. The van der Waals surface area contributed by atoms with Gasteiger partial charge in [0.25, 0.3) is 5.91 Å². The minimum Gasteiger partial charge on any atom is -0.275 e. The molecule has 1 aromatic carbocycles. The molecule has 26 heavy (non-hydrogen) atoms. The summed E-state index contributed by atoms with van der Waals surface area (Å²) in [6, 6.07) is 6.46. The van der Waals surface area contributed by atoms with Crippen molar-refractivity contribution in [1.29, 1.82) is 0 Å². The lowest BCUT2D eigenvalue weighted by molar-refractivity contribution is -0.119. The first-order chi connectivity index (χ1) is 12.4. The van der Waals surface area contributed by atoms with Crippen LogP contribution in [0.4, 0.5) is 4.39 Å². The lowest BCUT2D eigenvalue weighted by atomic mass is 10.2. The second kappa shape index (κ2) is 7.90. The Hall–Kier alpha value is -2.36. The van der Waals surface area contributed by atoms with Crippen LogP contribution in [0.5, 0.6) is 0 Å². The number of rotatable bonds is 4. The third kappa shape index (κ3) is 4.24. The summed E-state index contributed by atoms with van der Waals surface area (Å²) in [5.74, 6) is -1.51. The number of benzene rings is 1. The molecule has 0 spiro atoms. The van der Waals surface area contributed by atoms with Crippen molar-refractivity contribution >= 4 is 52.4 Å². The fraction of sp³-hybridized carbons (Fsp3) is 0.0667. The summed E-state index contributed by atoms with van der Waals surface area (Å²) < 4.78 is 14.4. The lowest BCUT2D eigenvalue weighted by Gasteiger charge is -2.07. The van der Waals surface area contributed by atoms with Crippen LogP contribution in [-0.2, 0) is 4.79 Å². The average molecular weight is 414 g/mol. The van der Waals surface area contributed by atoms with Crippen LogP contribution < -0.4 is 10.9 Å². The highest BCUT2D eigenvalue weighted by Crippen LogP contribution is 2.25. The molecule has 0 fully saturated rings. The Bertz CT molecular complexity index is 980. The molecule has 0 radical (unpaired) electrons. The number of carbonyl (C=O) groups excluding carboxylic acids is 2. The lowest BCUT2D eigenvalue weighted by Crippen LogP contribution is -2.42. The van der Waals surface area contributed by atoms with Gasteiger partial charge in [0, 0.05) is 11.8 Å². The molecule has 0 aliphatic carbocycles. The van der Waals surface area contributed by atoms with E-state index in [-0.39, 0.29) is 11.3 Å². The van der Waals surface area contributed by atoms with Crippen molar-refractivity contribution in [3.63, 3.8) is 0 Å². The number of nitrogens with zero attached hydrogens (tertiary/aromatic N) is 3. The molecular weight excluding hydrogens is 404 g/mol. The second-order valence-electron chi connectivity index (χ2n) is 4.98. The Balaban J connectivity index is 1.56. The van der Waals surface area contributed by atoms with Crippen LogP contribution >= 0.6 is 35.0 Å². The molecular formula is C15H10Cl2FN5O2S. The van der Waals surface area contributed by atoms with E-state index >= 15 is 0 Å².